The predicted molar refractivity (Wildman–Crippen MR) is 55.5 cm³/mol. The van der Waals surface area contributed by atoms with Crippen LogP contribution < -0.4 is 5.32 Å². The molecule has 1 N–H and O–H groups in total. The zero-order valence-electron chi connectivity index (χ0n) is 9.48. The van der Waals surface area contributed by atoms with E-state index in [4.69, 9.17) is 4.74 Å². The van der Waals surface area contributed by atoms with Gasteiger partial charge in [-0.15, -0.1) is 0 Å². The Morgan fingerprint density at radius 2 is 1.75 bits per heavy atom. The van der Waals surface area contributed by atoms with Crippen molar-refractivity contribution < 1.29 is 4.74 Å². The molecule has 0 aromatic rings. The van der Waals surface area contributed by atoms with Gasteiger partial charge in [0.05, 0.1) is 6.61 Å². The molecule has 1 atom stereocenters. The van der Waals surface area contributed by atoms with E-state index in [9.17, 15) is 0 Å². The summed E-state index contributed by atoms with van der Waals surface area (Å²) in [4.78, 5) is 0. The molecule has 12 heavy (non-hydrogen) atoms. The molecule has 0 aliphatic carbocycles. The molecule has 0 spiro atoms. The molecule has 0 aliphatic rings. The third-order valence-electron chi connectivity index (χ3n) is 1.62. The molecule has 0 bridgehead atoms. The van der Waals surface area contributed by atoms with Crippen LogP contribution in [-0.4, -0.2) is 26.3 Å². The van der Waals surface area contributed by atoms with Crippen LogP contribution in [0.2, 0.25) is 0 Å². The number of rotatable bonds is 5. The van der Waals surface area contributed by atoms with Crippen molar-refractivity contribution in [3.63, 3.8) is 0 Å². The quantitative estimate of drug-likeness (QED) is 0.692. The lowest BCUT2D eigenvalue weighted by molar-refractivity contribution is 0.148. The molecule has 0 saturated carbocycles. The highest BCUT2D eigenvalue weighted by atomic mass is 16.5. The van der Waals surface area contributed by atoms with Crippen molar-refractivity contribution in [3.8, 4) is 0 Å². The van der Waals surface area contributed by atoms with E-state index in [1.807, 2.05) is 13.8 Å². The van der Waals surface area contributed by atoms with Gasteiger partial charge in [0, 0.05) is 13.2 Å². The van der Waals surface area contributed by atoms with Gasteiger partial charge in [-0.2, -0.15) is 0 Å². The molecule has 0 saturated heterocycles. The molecule has 2 heteroatoms. The first-order valence-corrected chi connectivity index (χ1v) is 4.94. The summed E-state index contributed by atoms with van der Waals surface area (Å²) in [5.74, 6) is 0.653. The normalized spacial score (nSPS) is 12.2. The van der Waals surface area contributed by atoms with Gasteiger partial charge >= 0.3 is 0 Å². The Hall–Kier alpha value is -0.0800. The third kappa shape index (κ3) is 8.02. The molecule has 2 nitrogen and oxygen atoms in total. The van der Waals surface area contributed by atoms with Crippen LogP contribution in [0.15, 0.2) is 0 Å². The number of ether oxygens (including phenoxy) is 1. The van der Waals surface area contributed by atoms with Gasteiger partial charge in [0.2, 0.25) is 0 Å². The zero-order chi connectivity index (χ0) is 9.98. The van der Waals surface area contributed by atoms with Crippen LogP contribution in [-0.2, 0) is 4.74 Å². The largest absolute Gasteiger partial charge is 0.383 e. The first-order chi connectivity index (χ1) is 5.72. The molecule has 0 fully saturated rings. The molecule has 1 unspecified atom stereocenters. The van der Waals surface area contributed by atoms with Gasteiger partial charge in [-0.3, -0.25) is 0 Å². The van der Waals surface area contributed by atoms with Crippen LogP contribution in [0.3, 0.4) is 0 Å². The monoisotopic (exact) mass is 175 g/mol. The van der Waals surface area contributed by atoms with Crippen LogP contribution in [0.25, 0.3) is 0 Å². The second kappa shape index (κ2) is 10.9. The summed E-state index contributed by atoms with van der Waals surface area (Å²) >= 11 is 0. The third-order valence-corrected chi connectivity index (χ3v) is 1.62. The Labute approximate surface area is 77.7 Å². The predicted octanol–water partition coefficient (Wildman–Crippen LogP) is 2.29. The van der Waals surface area contributed by atoms with Crippen LogP contribution in [0.1, 0.15) is 34.6 Å². The summed E-state index contributed by atoms with van der Waals surface area (Å²) in [5, 5.41) is 3.36. The van der Waals surface area contributed by atoms with Crippen molar-refractivity contribution >= 4 is 0 Å². The first kappa shape index (κ1) is 14.4. The average molecular weight is 175 g/mol. The molecule has 0 aliphatic heterocycles. The van der Waals surface area contributed by atoms with Crippen LogP contribution in [0.4, 0.5) is 0 Å². The van der Waals surface area contributed by atoms with Gasteiger partial charge in [0.1, 0.15) is 0 Å². The molecule has 76 valence electrons. The summed E-state index contributed by atoms with van der Waals surface area (Å²) < 4.78 is 5.06. The molecule has 0 radical (unpaired) electrons. The van der Waals surface area contributed by atoms with Gasteiger partial charge in [0.15, 0.2) is 0 Å². The smallest absolute Gasteiger partial charge is 0.0618 e. The Morgan fingerprint density at radius 1 is 1.25 bits per heavy atom. The average Bonchev–Trinajstić information content (AvgIpc) is 2.08. The van der Waals surface area contributed by atoms with E-state index in [1.54, 1.807) is 7.11 Å². The lowest BCUT2D eigenvalue weighted by atomic mass is 10.1. The maximum absolute atomic E-state index is 5.06. The highest BCUT2D eigenvalue weighted by Crippen LogP contribution is 2.00. The minimum atomic E-state index is 0.509. The van der Waals surface area contributed by atoms with Gasteiger partial charge < -0.3 is 10.1 Å². The van der Waals surface area contributed by atoms with Gasteiger partial charge in [-0.25, -0.2) is 0 Å². The molecule has 0 amide bonds. The highest BCUT2D eigenvalue weighted by Gasteiger charge is 2.09. The summed E-state index contributed by atoms with van der Waals surface area (Å²) in [7, 11) is 1.74. The molecule has 0 heterocycles. The molecule has 0 rings (SSSR count). The summed E-state index contributed by atoms with van der Waals surface area (Å²) in [5.41, 5.74) is 0. The fraction of sp³-hybridized carbons (Fsp3) is 1.00. The van der Waals surface area contributed by atoms with Gasteiger partial charge in [0.25, 0.3) is 0 Å². The Balaban J connectivity index is 0. The van der Waals surface area contributed by atoms with Crippen molar-refractivity contribution in [2.75, 3.05) is 20.3 Å². The van der Waals surface area contributed by atoms with Crippen molar-refractivity contribution in [2.45, 2.75) is 40.7 Å². The van der Waals surface area contributed by atoms with E-state index in [2.05, 4.69) is 26.1 Å². The minimum Gasteiger partial charge on any atom is -0.383 e. The number of hydrogen-bond acceptors (Lipinski definition) is 2. The van der Waals surface area contributed by atoms with Crippen molar-refractivity contribution in [2.24, 2.45) is 5.92 Å². The fourth-order valence-corrected chi connectivity index (χ4v) is 0.929. The van der Waals surface area contributed by atoms with E-state index < -0.39 is 0 Å². The Kier molecular flexibility index (Phi) is 13.1. The van der Waals surface area contributed by atoms with Crippen LogP contribution >= 0.6 is 0 Å². The second-order valence-electron chi connectivity index (χ2n) is 2.86. The summed E-state index contributed by atoms with van der Waals surface area (Å²) in [6.45, 7) is 12.3. The molecule has 0 aromatic heterocycles. The maximum Gasteiger partial charge on any atom is 0.0618 e. The maximum atomic E-state index is 5.06. The minimum absolute atomic E-state index is 0.509. The number of methoxy groups -OCH3 is 1. The van der Waals surface area contributed by atoms with E-state index >= 15 is 0 Å². The highest BCUT2D eigenvalue weighted by molar-refractivity contribution is 4.68. The standard InChI is InChI=1S/C8H19NO.C2H6/c1-5-9-8(6-10-4)7(2)3;1-2/h7-9H,5-6H2,1-4H3;1-2H3. The Morgan fingerprint density at radius 3 is 2.00 bits per heavy atom. The van der Waals surface area contributed by atoms with E-state index in [0.717, 1.165) is 13.2 Å². The molecular formula is C10H25NO. The zero-order valence-corrected chi connectivity index (χ0v) is 9.48. The van der Waals surface area contributed by atoms with Crippen LogP contribution in [0.5, 0.6) is 0 Å². The topological polar surface area (TPSA) is 21.3 Å². The summed E-state index contributed by atoms with van der Waals surface area (Å²) in [6, 6.07) is 0.509. The lowest BCUT2D eigenvalue weighted by Crippen LogP contribution is -2.37. The van der Waals surface area contributed by atoms with Gasteiger partial charge in [-0.05, 0) is 12.5 Å². The van der Waals surface area contributed by atoms with E-state index in [0.29, 0.717) is 12.0 Å². The van der Waals surface area contributed by atoms with E-state index in [-0.39, 0.29) is 0 Å². The fourth-order valence-electron chi connectivity index (χ4n) is 0.929. The van der Waals surface area contributed by atoms with Crippen molar-refractivity contribution in [1.29, 1.82) is 0 Å². The number of likely N-dealkylation sites (N-methyl/N-ethyl adjacent to an activating group) is 1. The first-order valence-electron chi connectivity index (χ1n) is 4.94. The van der Waals surface area contributed by atoms with Crippen LogP contribution in [0, 0.1) is 5.92 Å². The number of nitrogens with one attached hydrogen (secondary N) is 1. The summed E-state index contributed by atoms with van der Waals surface area (Å²) in [6.07, 6.45) is 0. The molecule has 0 aromatic carbocycles. The van der Waals surface area contributed by atoms with Crippen molar-refractivity contribution in [3.05, 3.63) is 0 Å². The van der Waals surface area contributed by atoms with E-state index in [1.165, 1.54) is 0 Å². The Bertz CT molecular complexity index is 68.2. The lowest BCUT2D eigenvalue weighted by Gasteiger charge is -2.20. The van der Waals surface area contributed by atoms with Gasteiger partial charge in [-0.1, -0.05) is 34.6 Å². The second-order valence-corrected chi connectivity index (χ2v) is 2.86. The molecular weight excluding hydrogens is 150 g/mol. The number of hydrogen-bond donors (Lipinski definition) is 1. The SMILES string of the molecule is CC.CCNC(COC)C(C)C. The van der Waals surface area contributed by atoms with Crippen molar-refractivity contribution in [1.82, 2.24) is 5.32 Å².